The van der Waals surface area contributed by atoms with Gasteiger partial charge in [0.1, 0.15) is 5.75 Å². The first-order valence-corrected chi connectivity index (χ1v) is 7.52. The largest absolute Gasteiger partial charge is 0.506 e. The average Bonchev–Trinajstić information content (AvgIpc) is 2.69. The van der Waals surface area contributed by atoms with Crippen molar-refractivity contribution in [3.05, 3.63) is 27.7 Å². The SMILES string of the molecule is Oc1c(Cl)cc(Cl)cc1CN1CCC2CCC(C1)N2. The van der Waals surface area contributed by atoms with E-state index >= 15 is 0 Å². The minimum absolute atomic E-state index is 0.161. The van der Waals surface area contributed by atoms with Gasteiger partial charge < -0.3 is 10.4 Å². The predicted octanol–water partition coefficient (Wildman–Crippen LogP) is 3.03. The van der Waals surface area contributed by atoms with Crippen molar-refractivity contribution in [1.82, 2.24) is 10.2 Å². The smallest absolute Gasteiger partial charge is 0.138 e. The number of halogens is 2. The summed E-state index contributed by atoms with van der Waals surface area (Å²) in [7, 11) is 0. The summed E-state index contributed by atoms with van der Waals surface area (Å²) in [6.07, 6.45) is 3.72. The van der Waals surface area contributed by atoms with Crippen LogP contribution in [0.25, 0.3) is 0 Å². The zero-order valence-electron chi connectivity index (χ0n) is 10.7. The highest BCUT2D eigenvalue weighted by Crippen LogP contribution is 2.32. The molecule has 5 heteroatoms. The quantitative estimate of drug-likeness (QED) is 0.881. The summed E-state index contributed by atoms with van der Waals surface area (Å²) < 4.78 is 0. The lowest BCUT2D eigenvalue weighted by Gasteiger charge is -2.24. The van der Waals surface area contributed by atoms with E-state index in [0.717, 1.165) is 18.7 Å². The normalized spacial score (nSPS) is 27.5. The Balaban J connectivity index is 1.74. The monoisotopic (exact) mass is 300 g/mol. The molecule has 1 aromatic rings. The Morgan fingerprint density at radius 1 is 1.21 bits per heavy atom. The topological polar surface area (TPSA) is 35.5 Å². The van der Waals surface area contributed by atoms with E-state index < -0.39 is 0 Å². The summed E-state index contributed by atoms with van der Waals surface area (Å²) in [4.78, 5) is 2.37. The highest BCUT2D eigenvalue weighted by Gasteiger charge is 2.29. The molecule has 2 bridgehead atoms. The van der Waals surface area contributed by atoms with E-state index in [-0.39, 0.29) is 5.75 Å². The molecule has 1 aromatic carbocycles. The van der Waals surface area contributed by atoms with Crippen molar-refractivity contribution in [2.45, 2.75) is 37.9 Å². The van der Waals surface area contributed by atoms with Crippen molar-refractivity contribution in [3.8, 4) is 5.75 Å². The predicted molar refractivity (Wildman–Crippen MR) is 78.0 cm³/mol. The summed E-state index contributed by atoms with van der Waals surface area (Å²) in [6.45, 7) is 2.79. The van der Waals surface area contributed by atoms with Crippen molar-refractivity contribution in [3.63, 3.8) is 0 Å². The summed E-state index contributed by atoms with van der Waals surface area (Å²) >= 11 is 12.0. The molecule has 3 nitrogen and oxygen atoms in total. The van der Waals surface area contributed by atoms with Crippen molar-refractivity contribution in [2.24, 2.45) is 0 Å². The molecule has 0 aliphatic carbocycles. The number of hydrogen-bond donors (Lipinski definition) is 2. The first-order chi connectivity index (χ1) is 9.11. The molecule has 0 amide bonds. The third-order valence-corrected chi connectivity index (χ3v) is 4.61. The Labute approximate surface area is 123 Å². The minimum Gasteiger partial charge on any atom is -0.506 e. The number of fused-ring (bicyclic) bond motifs is 2. The highest BCUT2D eigenvalue weighted by atomic mass is 35.5. The van der Waals surface area contributed by atoms with Gasteiger partial charge >= 0.3 is 0 Å². The molecule has 2 N–H and O–H groups in total. The van der Waals surface area contributed by atoms with Gasteiger partial charge in [0.2, 0.25) is 0 Å². The van der Waals surface area contributed by atoms with Crippen LogP contribution in [0.4, 0.5) is 0 Å². The van der Waals surface area contributed by atoms with E-state index in [4.69, 9.17) is 23.2 Å². The molecule has 0 aromatic heterocycles. The van der Waals surface area contributed by atoms with Gasteiger partial charge in [0.05, 0.1) is 5.02 Å². The molecule has 0 spiro atoms. The fraction of sp³-hybridized carbons (Fsp3) is 0.571. The Morgan fingerprint density at radius 2 is 2.00 bits per heavy atom. The molecule has 2 unspecified atom stereocenters. The van der Waals surface area contributed by atoms with E-state index in [0.29, 0.717) is 28.7 Å². The van der Waals surface area contributed by atoms with Crippen LogP contribution in [0.3, 0.4) is 0 Å². The van der Waals surface area contributed by atoms with Crippen LogP contribution in [0.15, 0.2) is 12.1 Å². The molecular weight excluding hydrogens is 283 g/mol. The number of aromatic hydroxyl groups is 1. The maximum Gasteiger partial charge on any atom is 0.138 e. The minimum atomic E-state index is 0.161. The second-order valence-electron chi connectivity index (χ2n) is 5.56. The lowest BCUT2D eigenvalue weighted by molar-refractivity contribution is 0.248. The van der Waals surface area contributed by atoms with Crippen LogP contribution in [0.2, 0.25) is 10.0 Å². The highest BCUT2D eigenvalue weighted by molar-refractivity contribution is 6.35. The van der Waals surface area contributed by atoms with Crippen LogP contribution in [0, 0.1) is 0 Å². The molecule has 2 saturated heterocycles. The van der Waals surface area contributed by atoms with Crippen LogP contribution in [0.5, 0.6) is 5.75 Å². The van der Waals surface area contributed by atoms with Gasteiger partial charge in [-0.3, -0.25) is 4.90 Å². The molecule has 2 aliphatic heterocycles. The van der Waals surface area contributed by atoms with Crippen molar-refractivity contribution in [1.29, 1.82) is 0 Å². The van der Waals surface area contributed by atoms with Gasteiger partial charge in [-0.2, -0.15) is 0 Å². The van der Waals surface area contributed by atoms with Gasteiger partial charge in [-0.1, -0.05) is 23.2 Å². The summed E-state index contributed by atoms with van der Waals surface area (Å²) in [6, 6.07) is 4.64. The number of nitrogens with zero attached hydrogens (tertiary/aromatic N) is 1. The Kier molecular flexibility index (Phi) is 3.90. The van der Waals surface area contributed by atoms with E-state index in [1.807, 2.05) is 0 Å². The number of phenols is 1. The number of hydrogen-bond acceptors (Lipinski definition) is 3. The Bertz CT molecular complexity index is 481. The Morgan fingerprint density at radius 3 is 2.84 bits per heavy atom. The van der Waals surface area contributed by atoms with Gasteiger partial charge in [-0.15, -0.1) is 0 Å². The summed E-state index contributed by atoms with van der Waals surface area (Å²) in [5.41, 5.74) is 0.815. The lowest BCUT2D eigenvalue weighted by atomic mass is 10.1. The molecule has 2 aliphatic rings. The molecule has 104 valence electrons. The van der Waals surface area contributed by atoms with Crippen LogP contribution >= 0.6 is 23.2 Å². The second-order valence-corrected chi connectivity index (χ2v) is 6.40. The number of phenolic OH excluding ortho intramolecular Hbond substituents is 1. The Hall–Kier alpha value is -0.480. The van der Waals surface area contributed by atoms with Crippen LogP contribution < -0.4 is 5.32 Å². The second kappa shape index (κ2) is 5.49. The molecule has 2 heterocycles. The van der Waals surface area contributed by atoms with Crippen LogP contribution in [-0.2, 0) is 6.54 Å². The third kappa shape index (κ3) is 3.00. The van der Waals surface area contributed by atoms with Gasteiger partial charge in [-0.05, 0) is 31.4 Å². The van der Waals surface area contributed by atoms with Gasteiger partial charge in [0, 0.05) is 42.3 Å². The number of nitrogens with one attached hydrogen (secondary N) is 1. The molecular formula is C14H18Cl2N2O. The first kappa shape index (κ1) is 13.5. The van der Waals surface area contributed by atoms with E-state index in [1.54, 1.807) is 12.1 Å². The fourth-order valence-corrected chi connectivity index (χ4v) is 3.68. The first-order valence-electron chi connectivity index (χ1n) is 6.77. The average molecular weight is 301 g/mol. The fourth-order valence-electron chi connectivity index (χ4n) is 3.14. The molecule has 3 rings (SSSR count). The molecule has 2 atom stereocenters. The summed E-state index contributed by atoms with van der Waals surface area (Å²) in [5.74, 6) is 0.161. The van der Waals surface area contributed by atoms with E-state index in [2.05, 4.69) is 10.2 Å². The standard InChI is InChI=1S/C14H18Cl2N2O/c15-10-5-9(14(19)13(16)6-10)7-18-4-3-11-1-2-12(8-18)17-11/h5-6,11-12,17,19H,1-4,7-8H2. The van der Waals surface area contributed by atoms with Gasteiger partial charge in [0.15, 0.2) is 0 Å². The van der Waals surface area contributed by atoms with Gasteiger partial charge in [0.25, 0.3) is 0 Å². The molecule has 2 fully saturated rings. The zero-order chi connectivity index (χ0) is 13.4. The zero-order valence-corrected chi connectivity index (χ0v) is 12.2. The van der Waals surface area contributed by atoms with E-state index in [9.17, 15) is 5.11 Å². The number of likely N-dealkylation sites (tertiary alicyclic amines) is 1. The number of benzene rings is 1. The molecule has 0 radical (unpaired) electrons. The van der Waals surface area contributed by atoms with E-state index in [1.165, 1.54) is 19.3 Å². The molecule has 0 saturated carbocycles. The summed E-state index contributed by atoms with van der Waals surface area (Å²) in [5, 5.41) is 14.6. The van der Waals surface area contributed by atoms with Crippen molar-refractivity contribution >= 4 is 23.2 Å². The number of rotatable bonds is 2. The van der Waals surface area contributed by atoms with Crippen LogP contribution in [0.1, 0.15) is 24.8 Å². The molecule has 19 heavy (non-hydrogen) atoms. The van der Waals surface area contributed by atoms with Crippen molar-refractivity contribution in [2.75, 3.05) is 13.1 Å². The van der Waals surface area contributed by atoms with Crippen LogP contribution in [-0.4, -0.2) is 35.2 Å². The van der Waals surface area contributed by atoms with Crippen molar-refractivity contribution < 1.29 is 5.11 Å². The maximum absolute atomic E-state index is 10.0. The third-order valence-electron chi connectivity index (χ3n) is 4.11. The maximum atomic E-state index is 10.0. The lowest BCUT2D eigenvalue weighted by Crippen LogP contribution is -2.34. The van der Waals surface area contributed by atoms with Gasteiger partial charge in [-0.25, -0.2) is 0 Å².